The number of hydrogen-bond donors (Lipinski definition) is 2. The minimum absolute atomic E-state index is 0.0113. The van der Waals surface area contributed by atoms with Crippen molar-refractivity contribution in [2.45, 2.75) is 6.92 Å². The number of ether oxygens (including phenoxy) is 1. The number of methoxy groups -OCH3 is 1. The standard InChI is InChI=1S/C15H13ClN4O3/c1-8(18-19-10-7-17-20-15(21)13(10)16)12-6-9-4-3-5-11(22-2)14(9)23-12/h3-7H,1-2H3,(H2,19,20,21)/b18-8-. The SMILES string of the molecule is COc1cccc2cc(/C(C)=N\Nc3cn[nH]c(=O)c3Cl)oc12. The number of aromatic amines is 1. The van der Waals surface area contributed by atoms with Crippen molar-refractivity contribution in [3.8, 4) is 5.75 Å². The van der Waals surface area contributed by atoms with E-state index in [1.54, 1.807) is 14.0 Å². The van der Waals surface area contributed by atoms with Gasteiger partial charge in [-0.25, -0.2) is 5.10 Å². The van der Waals surface area contributed by atoms with Gasteiger partial charge in [0.1, 0.15) is 16.4 Å². The van der Waals surface area contributed by atoms with Crippen LogP contribution in [0, 0.1) is 0 Å². The summed E-state index contributed by atoms with van der Waals surface area (Å²) in [6.45, 7) is 1.77. The number of para-hydroxylation sites is 1. The lowest BCUT2D eigenvalue weighted by Gasteiger charge is -2.02. The van der Waals surface area contributed by atoms with Crippen LogP contribution in [0.4, 0.5) is 5.69 Å². The molecule has 0 atom stereocenters. The molecule has 0 fully saturated rings. The third-order valence-corrected chi connectivity index (χ3v) is 3.60. The van der Waals surface area contributed by atoms with Gasteiger partial charge in [0, 0.05) is 5.39 Å². The fourth-order valence-corrected chi connectivity index (χ4v) is 2.17. The Morgan fingerprint density at radius 2 is 2.30 bits per heavy atom. The van der Waals surface area contributed by atoms with Crippen molar-refractivity contribution in [2.75, 3.05) is 12.5 Å². The van der Waals surface area contributed by atoms with Gasteiger partial charge >= 0.3 is 0 Å². The lowest BCUT2D eigenvalue weighted by molar-refractivity contribution is 0.410. The summed E-state index contributed by atoms with van der Waals surface area (Å²) in [6.07, 6.45) is 1.38. The molecule has 3 aromatic rings. The highest BCUT2D eigenvalue weighted by atomic mass is 35.5. The van der Waals surface area contributed by atoms with Gasteiger partial charge in [-0.05, 0) is 19.1 Å². The molecule has 2 heterocycles. The molecule has 7 nitrogen and oxygen atoms in total. The van der Waals surface area contributed by atoms with Crippen LogP contribution in [0.2, 0.25) is 5.02 Å². The monoisotopic (exact) mass is 332 g/mol. The summed E-state index contributed by atoms with van der Waals surface area (Å²) in [5.74, 6) is 1.22. The molecule has 0 radical (unpaired) electrons. The zero-order chi connectivity index (χ0) is 16.4. The second-order valence-corrected chi connectivity index (χ2v) is 5.10. The summed E-state index contributed by atoms with van der Waals surface area (Å²) in [5.41, 5.74) is 3.76. The summed E-state index contributed by atoms with van der Waals surface area (Å²) >= 11 is 5.87. The fraction of sp³-hybridized carbons (Fsp3) is 0.133. The molecule has 0 amide bonds. The van der Waals surface area contributed by atoms with Crippen LogP contribution in [0.15, 0.2) is 44.8 Å². The molecule has 118 valence electrons. The van der Waals surface area contributed by atoms with Crippen molar-refractivity contribution < 1.29 is 9.15 Å². The molecule has 0 aliphatic carbocycles. The fourth-order valence-electron chi connectivity index (χ4n) is 2.04. The number of aromatic nitrogens is 2. The molecule has 0 bridgehead atoms. The Labute approximate surface area is 135 Å². The van der Waals surface area contributed by atoms with E-state index in [-0.39, 0.29) is 5.02 Å². The van der Waals surface area contributed by atoms with Crippen molar-refractivity contribution in [1.29, 1.82) is 0 Å². The summed E-state index contributed by atoms with van der Waals surface area (Å²) in [4.78, 5) is 11.4. The number of anilines is 1. The van der Waals surface area contributed by atoms with E-state index in [1.807, 2.05) is 24.3 Å². The van der Waals surface area contributed by atoms with Gasteiger partial charge < -0.3 is 9.15 Å². The van der Waals surface area contributed by atoms with E-state index >= 15 is 0 Å². The number of rotatable bonds is 4. The molecule has 0 spiro atoms. The van der Waals surface area contributed by atoms with Crippen LogP contribution < -0.4 is 15.7 Å². The van der Waals surface area contributed by atoms with Gasteiger partial charge in [0.25, 0.3) is 5.56 Å². The first-order chi connectivity index (χ1) is 11.1. The maximum atomic E-state index is 11.4. The molecule has 8 heteroatoms. The van der Waals surface area contributed by atoms with E-state index in [4.69, 9.17) is 20.8 Å². The maximum Gasteiger partial charge on any atom is 0.285 e. The zero-order valence-electron chi connectivity index (χ0n) is 12.4. The number of fused-ring (bicyclic) bond motifs is 1. The largest absolute Gasteiger partial charge is 0.493 e. The molecule has 1 aromatic carbocycles. The molecular weight excluding hydrogens is 320 g/mol. The minimum Gasteiger partial charge on any atom is -0.493 e. The van der Waals surface area contributed by atoms with Gasteiger partial charge in [-0.1, -0.05) is 23.7 Å². The highest BCUT2D eigenvalue weighted by Gasteiger charge is 2.11. The third kappa shape index (κ3) is 2.91. The number of nitrogens with one attached hydrogen (secondary N) is 2. The van der Waals surface area contributed by atoms with Crippen molar-refractivity contribution in [3.05, 3.63) is 51.6 Å². The molecule has 2 aromatic heterocycles. The van der Waals surface area contributed by atoms with Gasteiger partial charge in [-0.3, -0.25) is 10.2 Å². The maximum absolute atomic E-state index is 11.4. The summed E-state index contributed by atoms with van der Waals surface area (Å²) in [6, 6.07) is 7.48. The van der Waals surface area contributed by atoms with Gasteiger partial charge in [0.15, 0.2) is 17.1 Å². The molecular formula is C15H13ClN4O3. The minimum atomic E-state index is -0.488. The van der Waals surface area contributed by atoms with Crippen molar-refractivity contribution in [2.24, 2.45) is 5.10 Å². The first-order valence-corrected chi connectivity index (χ1v) is 7.08. The molecule has 0 unspecified atom stereocenters. The number of H-pyrrole nitrogens is 1. The van der Waals surface area contributed by atoms with Crippen LogP contribution in [0.5, 0.6) is 5.75 Å². The van der Waals surface area contributed by atoms with E-state index in [0.29, 0.717) is 28.5 Å². The van der Waals surface area contributed by atoms with Crippen LogP contribution in [-0.4, -0.2) is 23.0 Å². The average Bonchev–Trinajstić information content (AvgIpc) is 3.00. The summed E-state index contributed by atoms with van der Waals surface area (Å²) in [7, 11) is 1.58. The molecule has 3 rings (SSSR count). The summed E-state index contributed by atoms with van der Waals surface area (Å²) < 4.78 is 11.0. The normalized spacial score (nSPS) is 11.7. The molecule has 0 aliphatic heterocycles. The summed E-state index contributed by atoms with van der Waals surface area (Å²) in [5, 5.41) is 11.0. The van der Waals surface area contributed by atoms with Gasteiger partial charge in [0.2, 0.25) is 0 Å². The van der Waals surface area contributed by atoms with Crippen LogP contribution in [0.3, 0.4) is 0 Å². The second-order valence-electron chi connectivity index (χ2n) is 4.73. The second kappa shape index (κ2) is 6.13. The highest BCUT2D eigenvalue weighted by Crippen LogP contribution is 2.28. The Morgan fingerprint density at radius 3 is 3.09 bits per heavy atom. The number of hydrogen-bond acceptors (Lipinski definition) is 6. The van der Waals surface area contributed by atoms with E-state index in [2.05, 4.69) is 20.7 Å². The predicted octanol–water partition coefficient (Wildman–Crippen LogP) is 3.01. The van der Waals surface area contributed by atoms with Crippen LogP contribution in [0.25, 0.3) is 11.0 Å². The quantitative estimate of drug-likeness (QED) is 0.566. The topological polar surface area (TPSA) is 92.5 Å². The van der Waals surface area contributed by atoms with E-state index in [0.717, 1.165) is 5.39 Å². The van der Waals surface area contributed by atoms with E-state index in [9.17, 15) is 4.79 Å². The third-order valence-electron chi connectivity index (χ3n) is 3.22. The van der Waals surface area contributed by atoms with E-state index < -0.39 is 5.56 Å². The number of furan rings is 1. The van der Waals surface area contributed by atoms with E-state index in [1.165, 1.54) is 6.20 Å². The molecule has 0 saturated carbocycles. The lowest BCUT2D eigenvalue weighted by Crippen LogP contribution is -2.10. The van der Waals surface area contributed by atoms with Gasteiger partial charge in [0.05, 0.1) is 13.3 Å². The Hall–Kier alpha value is -2.80. The Morgan fingerprint density at radius 1 is 1.48 bits per heavy atom. The first-order valence-electron chi connectivity index (χ1n) is 6.70. The molecule has 0 saturated heterocycles. The van der Waals surface area contributed by atoms with Crippen molar-refractivity contribution >= 4 is 34.0 Å². The van der Waals surface area contributed by atoms with Gasteiger partial charge in [-0.2, -0.15) is 10.2 Å². The number of hydrazone groups is 1. The number of nitrogens with zero attached hydrogens (tertiary/aromatic N) is 2. The lowest BCUT2D eigenvalue weighted by atomic mass is 10.2. The highest BCUT2D eigenvalue weighted by molar-refractivity contribution is 6.32. The van der Waals surface area contributed by atoms with Crippen LogP contribution >= 0.6 is 11.6 Å². The molecule has 2 N–H and O–H groups in total. The zero-order valence-corrected chi connectivity index (χ0v) is 13.1. The van der Waals surface area contributed by atoms with Gasteiger partial charge in [-0.15, -0.1) is 0 Å². The Bertz CT molecular complexity index is 945. The van der Waals surface area contributed by atoms with Crippen molar-refractivity contribution in [1.82, 2.24) is 10.2 Å². The number of halogens is 1. The predicted molar refractivity (Wildman–Crippen MR) is 88.5 cm³/mol. The first kappa shape index (κ1) is 15.1. The van der Waals surface area contributed by atoms with Crippen molar-refractivity contribution in [3.63, 3.8) is 0 Å². The molecule has 23 heavy (non-hydrogen) atoms. The average molecular weight is 333 g/mol. The Balaban J connectivity index is 1.92. The number of benzene rings is 1. The smallest absolute Gasteiger partial charge is 0.285 e. The van der Waals surface area contributed by atoms with Crippen LogP contribution in [-0.2, 0) is 0 Å². The van der Waals surface area contributed by atoms with Crippen LogP contribution in [0.1, 0.15) is 12.7 Å². The Kier molecular flexibility index (Phi) is 4.03. The molecule has 0 aliphatic rings.